The Hall–Kier alpha value is -2.14. The van der Waals surface area contributed by atoms with Gasteiger partial charge in [-0.2, -0.15) is 0 Å². The van der Waals surface area contributed by atoms with Crippen molar-refractivity contribution in [3.05, 3.63) is 35.9 Å². The Bertz CT molecular complexity index is 664. The Morgan fingerprint density at radius 2 is 1.90 bits per heavy atom. The van der Waals surface area contributed by atoms with E-state index < -0.39 is 5.91 Å². The van der Waals surface area contributed by atoms with Crippen LogP contribution in [0.2, 0.25) is 0 Å². The molecule has 0 unspecified atom stereocenters. The van der Waals surface area contributed by atoms with Gasteiger partial charge in [-0.05, 0) is 31.7 Å². The average Bonchev–Trinajstić information content (AvgIpc) is 2.48. The number of primary amides is 1. The van der Waals surface area contributed by atoms with E-state index in [2.05, 4.69) is 4.98 Å². The van der Waals surface area contributed by atoms with Gasteiger partial charge in [0, 0.05) is 17.5 Å². The van der Waals surface area contributed by atoms with Gasteiger partial charge in [-0.15, -0.1) is 0 Å². The molecule has 1 fully saturated rings. The Labute approximate surface area is 123 Å². The maximum absolute atomic E-state index is 11.6. The van der Waals surface area contributed by atoms with Crippen LogP contribution in [0.4, 0.5) is 0 Å². The molecule has 1 aliphatic carbocycles. The first-order valence-corrected chi connectivity index (χ1v) is 7.25. The summed E-state index contributed by atoms with van der Waals surface area (Å²) in [4.78, 5) is 16.1. The number of carbonyl (C=O) groups excluding carboxylic acids is 1. The molecule has 1 aliphatic rings. The van der Waals surface area contributed by atoms with E-state index in [4.69, 9.17) is 16.2 Å². The minimum atomic E-state index is -0.468. The summed E-state index contributed by atoms with van der Waals surface area (Å²) in [5.74, 6) is -0.00733. The lowest BCUT2D eigenvalue weighted by Crippen LogP contribution is -2.31. The minimum Gasteiger partial charge on any atom is -0.474 e. The number of aromatic nitrogens is 1. The van der Waals surface area contributed by atoms with Gasteiger partial charge in [0.1, 0.15) is 6.10 Å². The first-order chi connectivity index (χ1) is 10.1. The van der Waals surface area contributed by atoms with Crippen LogP contribution in [-0.2, 0) is 0 Å². The van der Waals surface area contributed by atoms with Crippen LogP contribution < -0.4 is 16.2 Å². The van der Waals surface area contributed by atoms with Gasteiger partial charge in [0.25, 0.3) is 0 Å². The number of para-hydroxylation sites is 1. The van der Waals surface area contributed by atoms with Crippen LogP contribution in [0.5, 0.6) is 5.88 Å². The van der Waals surface area contributed by atoms with Crippen molar-refractivity contribution in [1.29, 1.82) is 0 Å². The lowest BCUT2D eigenvalue weighted by Gasteiger charge is -2.26. The highest BCUT2D eigenvalue weighted by molar-refractivity contribution is 6.05. The molecule has 0 atom stereocenters. The normalized spacial score (nSPS) is 22.1. The van der Waals surface area contributed by atoms with E-state index in [9.17, 15) is 4.79 Å². The number of hydrogen-bond acceptors (Lipinski definition) is 4. The van der Waals surface area contributed by atoms with Gasteiger partial charge in [0.05, 0.1) is 11.1 Å². The zero-order valence-corrected chi connectivity index (χ0v) is 11.8. The first-order valence-electron chi connectivity index (χ1n) is 7.25. The Kier molecular flexibility index (Phi) is 3.75. The van der Waals surface area contributed by atoms with Gasteiger partial charge in [-0.1, -0.05) is 18.2 Å². The summed E-state index contributed by atoms with van der Waals surface area (Å²) in [7, 11) is 0. The van der Waals surface area contributed by atoms with Crippen LogP contribution in [0.1, 0.15) is 36.0 Å². The van der Waals surface area contributed by atoms with Crippen molar-refractivity contribution in [3.63, 3.8) is 0 Å². The van der Waals surface area contributed by atoms with Crippen LogP contribution in [0.15, 0.2) is 30.3 Å². The Balaban J connectivity index is 1.90. The fraction of sp³-hybridized carbons (Fsp3) is 0.375. The highest BCUT2D eigenvalue weighted by Crippen LogP contribution is 2.26. The fourth-order valence-corrected chi connectivity index (χ4v) is 2.79. The molecule has 5 heteroatoms. The van der Waals surface area contributed by atoms with E-state index in [1.807, 2.05) is 24.3 Å². The van der Waals surface area contributed by atoms with Crippen LogP contribution in [0.25, 0.3) is 10.9 Å². The van der Waals surface area contributed by atoms with Gasteiger partial charge in [-0.3, -0.25) is 4.79 Å². The van der Waals surface area contributed by atoms with Crippen LogP contribution >= 0.6 is 0 Å². The quantitative estimate of drug-likeness (QED) is 0.902. The molecule has 110 valence electrons. The number of fused-ring (bicyclic) bond motifs is 1. The molecule has 3 rings (SSSR count). The van der Waals surface area contributed by atoms with Crippen LogP contribution in [0, 0.1) is 0 Å². The van der Waals surface area contributed by atoms with E-state index in [1.54, 1.807) is 6.07 Å². The molecule has 0 bridgehead atoms. The fourth-order valence-electron chi connectivity index (χ4n) is 2.79. The molecule has 1 heterocycles. The molecular weight excluding hydrogens is 266 g/mol. The lowest BCUT2D eigenvalue weighted by molar-refractivity contribution is 0.1000. The van der Waals surface area contributed by atoms with E-state index >= 15 is 0 Å². The number of carbonyl (C=O) groups is 1. The Morgan fingerprint density at radius 1 is 1.19 bits per heavy atom. The van der Waals surface area contributed by atoms with E-state index in [-0.39, 0.29) is 12.1 Å². The molecule has 1 aromatic carbocycles. The predicted molar refractivity (Wildman–Crippen MR) is 81.1 cm³/mol. The number of benzene rings is 1. The molecule has 0 radical (unpaired) electrons. The van der Waals surface area contributed by atoms with Gasteiger partial charge in [0.15, 0.2) is 0 Å². The minimum absolute atomic E-state index is 0.110. The summed E-state index contributed by atoms with van der Waals surface area (Å²) < 4.78 is 5.93. The van der Waals surface area contributed by atoms with Crippen molar-refractivity contribution >= 4 is 16.8 Å². The summed E-state index contributed by atoms with van der Waals surface area (Å²) in [5, 5.41) is 0.753. The highest BCUT2D eigenvalue weighted by atomic mass is 16.5. The molecule has 0 saturated heterocycles. The number of nitrogens with two attached hydrogens (primary N) is 2. The number of nitrogens with zero attached hydrogens (tertiary/aromatic N) is 1. The summed E-state index contributed by atoms with van der Waals surface area (Å²) in [5.41, 5.74) is 12.5. The molecule has 4 N–H and O–H groups in total. The van der Waals surface area contributed by atoms with Crippen molar-refractivity contribution in [1.82, 2.24) is 4.98 Å². The van der Waals surface area contributed by atoms with E-state index in [1.165, 1.54) is 0 Å². The van der Waals surface area contributed by atoms with Gasteiger partial charge in [0.2, 0.25) is 11.8 Å². The Morgan fingerprint density at radius 3 is 2.62 bits per heavy atom. The first kappa shape index (κ1) is 13.8. The molecule has 0 spiro atoms. The number of hydrogen-bond donors (Lipinski definition) is 2. The monoisotopic (exact) mass is 285 g/mol. The molecule has 1 saturated carbocycles. The van der Waals surface area contributed by atoms with Crippen molar-refractivity contribution in [3.8, 4) is 5.88 Å². The summed E-state index contributed by atoms with van der Waals surface area (Å²) in [6.07, 6.45) is 3.87. The van der Waals surface area contributed by atoms with Crippen molar-refractivity contribution in [2.45, 2.75) is 37.8 Å². The predicted octanol–water partition coefficient (Wildman–Crippen LogP) is 1.98. The average molecular weight is 285 g/mol. The highest BCUT2D eigenvalue weighted by Gasteiger charge is 2.21. The van der Waals surface area contributed by atoms with Gasteiger partial charge in [-0.25, -0.2) is 4.98 Å². The number of ether oxygens (including phenoxy) is 1. The van der Waals surface area contributed by atoms with Gasteiger partial charge >= 0.3 is 0 Å². The third-order valence-corrected chi connectivity index (χ3v) is 3.96. The van der Waals surface area contributed by atoms with E-state index in [0.717, 1.165) is 36.6 Å². The summed E-state index contributed by atoms with van der Waals surface area (Å²) >= 11 is 0. The largest absolute Gasteiger partial charge is 0.474 e. The number of pyridine rings is 1. The molecule has 2 aromatic rings. The van der Waals surface area contributed by atoms with E-state index in [0.29, 0.717) is 11.4 Å². The second-order valence-corrected chi connectivity index (χ2v) is 5.54. The SMILES string of the molecule is NC(=O)c1cc(OC2CCC(N)CC2)nc2ccccc12. The van der Waals surface area contributed by atoms with Crippen molar-refractivity contribution in [2.24, 2.45) is 11.5 Å². The third kappa shape index (κ3) is 2.97. The second-order valence-electron chi connectivity index (χ2n) is 5.54. The molecule has 5 nitrogen and oxygen atoms in total. The standard InChI is InChI=1S/C16H19N3O2/c17-10-5-7-11(8-6-10)21-15-9-13(16(18)20)12-3-1-2-4-14(12)19-15/h1-4,9-11H,5-8,17H2,(H2,18,20). The number of amides is 1. The maximum Gasteiger partial charge on any atom is 0.249 e. The molecule has 21 heavy (non-hydrogen) atoms. The second kappa shape index (κ2) is 5.69. The third-order valence-electron chi connectivity index (χ3n) is 3.96. The van der Waals surface area contributed by atoms with Crippen LogP contribution in [-0.4, -0.2) is 23.0 Å². The smallest absolute Gasteiger partial charge is 0.249 e. The summed E-state index contributed by atoms with van der Waals surface area (Å²) in [6.45, 7) is 0. The van der Waals surface area contributed by atoms with Gasteiger partial charge < -0.3 is 16.2 Å². The molecular formula is C16H19N3O2. The molecule has 1 aromatic heterocycles. The zero-order chi connectivity index (χ0) is 14.8. The molecule has 0 aliphatic heterocycles. The lowest BCUT2D eigenvalue weighted by atomic mass is 9.94. The zero-order valence-electron chi connectivity index (χ0n) is 11.8. The summed E-state index contributed by atoms with van der Waals surface area (Å²) in [6, 6.07) is 9.34. The molecule has 1 amide bonds. The van der Waals surface area contributed by atoms with Crippen molar-refractivity contribution in [2.75, 3.05) is 0 Å². The van der Waals surface area contributed by atoms with Crippen LogP contribution in [0.3, 0.4) is 0 Å². The number of rotatable bonds is 3. The maximum atomic E-state index is 11.6. The topological polar surface area (TPSA) is 91.2 Å². The van der Waals surface area contributed by atoms with Crippen molar-refractivity contribution < 1.29 is 9.53 Å².